The SMILES string of the molecule is O=C(CN(c1cc(Cl)cc(Cl)c1)S(=O)(=O)c1ccccc1)NC1CCCCCC1. The number of carbonyl (C=O) groups is 1. The molecule has 2 aromatic carbocycles. The van der Waals surface area contributed by atoms with Crippen molar-refractivity contribution in [2.75, 3.05) is 10.8 Å². The van der Waals surface area contributed by atoms with Gasteiger partial charge in [-0.2, -0.15) is 0 Å². The van der Waals surface area contributed by atoms with Crippen LogP contribution in [-0.2, 0) is 14.8 Å². The van der Waals surface area contributed by atoms with Gasteiger partial charge in [-0.1, -0.05) is 67.1 Å². The molecule has 1 aliphatic rings. The third kappa shape index (κ3) is 5.87. The van der Waals surface area contributed by atoms with Crippen LogP contribution in [0.4, 0.5) is 5.69 Å². The fourth-order valence-electron chi connectivity index (χ4n) is 3.55. The molecule has 0 radical (unpaired) electrons. The van der Waals surface area contributed by atoms with E-state index in [9.17, 15) is 13.2 Å². The van der Waals surface area contributed by atoms with Gasteiger partial charge in [0.1, 0.15) is 6.54 Å². The van der Waals surface area contributed by atoms with Gasteiger partial charge < -0.3 is 5.32 Å². The van der Waals surface area contributed by atoms with Gasteiger partial charge >= 0.3 is 0 Å². The Morgan fingerprint density at radius 3 is 2.14 bits per heavy atom. The lowest BCUT2D eigenvalue weighted by molar-refractivity contribution is -0.120. The van der Waals surface area contributed by atoms with E-state index in [0.717, 1.165) is 30.0 Å². The Labute approximate surface area is 182 Å². The standard InChI is InChI=1S/C21H24Cl2N2O3S/c22-16-12-17(23)14-19(13-16)25(29(27,28)20-10-6-3-7-11-20)15-21(26)24-18-8-4-1-2-5-9-18/h3,6-7,10-14,18H,1-2,4-5,8-9,15H2,(H,24,26). The topological polar surface area (TPSA) is 66.5 Å². The maximum atomic E-state index is 13.3. The van der Waals surface area contributed by atoms with E-state index in [1.165, 1.54) is 43.2 Å². The normalized spacial score (nSPS) is 15.5. The highest BCUT2D eigenvalue weighted by molar-refractivity contribution is 7.92. The van der Waals surface area contributed by atoms with E-state index in [4.69, 9.17) is 23.2 Å². The van der Waals surface area contributed by atoms with Crippen molar-refractivity contribution in [1.82, 2.24) is 5.32 Å². The molecule has 8 heteroatoms. The predicted molar refractivity (Wildman–Crippen MR) is 117 cm³/mol. The minimum atomic E-state index is -3.98. The minimum absolute atomic E-state index is 0.0780. The van der Waals surface area contributed by atoms with Crippen LogP contribution in [0.15, 0.2) is 53.4 Å². The highest BCUT2D eigenvalue weighted by Gasteiger charge is 2.28. The molecule has 3 rings (SSSR count). The zero-order valence-electron chi connectivity index (χ0n) is 16.0. The first-order valence-electron chi connectivity index (χ1n) is 9.69. The maximum Gasteiger partial charge on any atom is 0.264 e. The van der Waals surface area contributed by atoms with Crippen LogP contribution in [0.3, 0.4) is 0 Å². The summed E-state index contributed by atoms with van der Waals surface area (Å²) >= 11 is 12.2. The third-order valence-corrected chi connectivity index (χ3v) is 7.20. The minimum Gasteiger partial charge on any atom is -0.352 e. The molecule has 0 spiro atoms. The molecule has 1 aliphatic carbocycles. The number of hydrogen-bond donors (Lipinski definition) is 1. The van der Waals surface area contributed by atoms with E-state index in [-0.39, 0.29) is 29.1 Å². The second-order valence-electron chi connectivity index (χ2n) is 7.21. The van der Waals surface area contributed by atoms with Gasteiger partial charge in [0.2, 0.25) is 5.91 Å². The molecule has 0 heterocycles. The number of nitrogens with one attached hydrogen (secondary N) is 1. The first-order valence-corrected chi connectivity index (χ1v) is 11.9. The molecular formula is C21H24Cl2N2O3S. The zero-order valence-corrected chi connectivity index (χ0v) is 18.3. The third-order valence-electron chi connectivity index (χ3n) is 4.97. The Morgan fingerprint density at radius 1 is 0.966 bits per heavy atom. The van der Waals surface area contributed by atoms with Gasteiger partial charge in [0.05, 0.1) is 10.6 Å². The van der Waals surface area contributed by atoms with Crippen LogP contribution < -0.4 is 9.62 Å². The Kier molecular flexibility index (Phi) is 7.44. The van der Waals surface area contributed by atoms with Crippen LogP contribution >= 0.6 is 23.2 Å². The van der Waals surface area contributed by atoms with Gasteiger partial charge in [0.15, 0.2) is 0 Å². The smallest absolute Gasteiger partial charge is 0.264 e. The molecule has 1 amide bonds. The highest BCUT2D eigenvalue weighted by atomic mass is 35.5. The number of nitrogens with zero attached hydrogens (tertiary/aromatic N) is 1. The van der Waals surface area contributed by atoms with Gasteiger partial charge in [-0.15, -0.1) is 0 Å². The molecule has 0 aliphatic heterocycles. The molecule has 0 aromatic heterocycles. The fraction of sp³-hybridized carbons (Fsp3) is 0.381. The van der Waals surface area contributed by atoms with Crippen molar-refractivity contribution >= 4 is 44.8 Å². The quantitative estimate of drug-likeness (QED) is 0.622. The number of halogens is 2. The predicted octanol–water partition coefficient (Wildman–Crippen LogP) is 5.03. The second kappa shape index (κ2) is 9.83. The van der Waals surface area contributed by atoms with E-state index < -0.39 is 10.0 Å². The summed E-state index contributed by atoms with van der Waals surface area (Å²) in [7, 11) is -3.98. The number of amides is 1. The average molecular weight is 455 g/mol. The number of hydrogen-bond acceptors (Lipinski definition) is 3. The molecule has 0 unspecified atom stereocenters. The monoisotopic (exact) mass is 454 g/mol. The van der Waals surface area contributed by atoms with Crippen molar-refractivity contribution in [2.45, 2.75) is 49.5 Å². The molecule has 1 saturated carbocycles. The molecule has 156 valence electrons. The molecule has 0 saturated heterocycles. The van der Waals surface area contributed by atoms with Crippen molar-refractivity contribution in [1.29, 1.82) is 0 Å². The molecule has 0 atom stereocenters. The lowest BCUT2D eigenvalue weighted by Gasteiger charge is -2.26. The van der Waals surface area contributed by atoms with Crippen molar-refractivity contribution in [3.63, 3.8) is 0 Å². The Balaban J connectivity index is 1.89. The summed E-state index contributed by atoms with van der Waals surface area (Å²) in [6.45, 7) is -0.343. The number of carbonyl (C=O) groups excluding carboxylic acids is 1. The maximum absolute atomic E-state index is 13.3. The van der Waals surface area contributed by atoms with Crippen molar-refractivity contribution in [2.24, 2.45) is 0 Å². The van der Waals surface area contributed by atoms with Crippen LogP contribution in [-0.4, -0.2) is 26.9 Å². The molecule has 29 heavy (non-hydrogen) atoms. The van der Waals surface area contributed by atoms with Gasteiger partial charge in [-0.3, -0.25) is 9.10 Å². The molecule has 1 fully saturated rings. The fourth-order valence-corrected chi connectivity index (χ4v) is 5.49. The summed E-state index contributed by atoms with van der Waals surface area (Å²) in [5.74, 6) is -0.340. The molecule has 2 aromatic rings. The van der Waals surface area contributed by atoms with E-state index in [2.05, 4.69) is 5.32 Å². The number of anilines is 1. The molecule has 5 nitrogen and oxygen atoms in total. The first-order chi connectivity index (χ1) is 13.9. The van der Waals surface area contributed by atoms with Crippen molar-refractivity contribution in [3.05, 3.63) is 58.6 Å². The number of benzene rings is 2. The van der Waals surface area contributed by atoms with E-state index >= 15 is 0 Å². The van der Waals surface area contributed by atoms with Crippen molar-refractivity contribution in [3.8, 4) is 0 Å². The summed E-state index contributed by atoms with van der Waals surface area (Å²) in [4.78, 5) is 12.9. The summed E-state index contributed by atoms with van der Waals surface area (Å²) in [6, 6.07) is 12.6. The van der Waals surface area contributed by atoms with Crippen LogP contribution in [0.2, 0.25) is 10.0 Å². The number of sulfonamides is 1. The summed E-state index contributed by atoms with van der Waals surface area (Å²) < 4.78 is 27.7. The van der Waals surface area contributed by atoms with Gasteiger partial charge in [0.25, 0.3) is 10.0 Å². The second-order valence-corrected chi connectivity index (χ2v) is 9.94. The molecule has 1 N–H and O–H groups in total. The Bertz CT molecular complexity index is 923. The Morgan fingerprint density at radius 2 is 1.55 bits per heavy atom. The summed E-state index contributed by atoms with van der Waals surface area (Å²) in [5.41, 5.74) is 0.252. The largest absolute Gasteiger partial charge is 0.352 e. The van der Waals surface area contributed by atoms with Crippen LogP contribution in [0, 0.1) is 0 Å². The van der Waals surface area contributed by atoms with Crippen LogP contribution in [0.1, 0.15) is 38.5 Å². The lowest BCUT2D eigenvalue weighted by Crippen LogP contribution is -2.44. The highest BCUT2D eigenvalue weighted by Crippen LogP contribution is 2.29. The average Bonchev–Trinajstić information content (AvgIpc) is 2.94. The summed E-state index contributed by atoms with van der Waals surface area (Å²) in [5, 5.41) is 3.59. The molecular weight excluding hydrogens is 431 g/mol. The van der Waals surface area contributed by atoms with E-state index in [0.29, 0.717) is 10.0 Å². The van der Waals surface area contributed by atoms with Gasteiger partial charge in [-0.25, -0.2) is 8.42 Å². The van der Waals surface area contributed by atoms with Gasteiger partial charge in [0, 0.05) is 16.1 Å². The molecule has 0 bridgehead atoms. The van der Waals surface area contributed by atoms with Gasteiger partial charge in [-0.05, 0) is 43.2 Å². The first kappa shape index (κ1) is 21.9. The zero-order chi connectivity index (χ0) is 20.9. The van der Waals surface area contributed by atoms with Crippen LogP contribution in [0.5, 0.6) is 0 Å². The van der Waals surface area contributed by atoms with Crippen molar-refractivity contribution < 1.29 is 13.2 Å². The van der Waals surface area contributed by atoms with E-state index in [1.54, 1.807) is 18.2 Å². The van der Waals surface area contributed by atoms with E-state index in [1.807, 2.05) is 0 Å². The Hall–Kier alpha value is -1.76. The lowest BCUT2D eigenvalue weighted by atomic mass is 10.1. The summed E-state index contributed by atoms with van der Waals surface area (Å²) in [6.07, 6.45) is 6.31. The van der Waals surface area contributed by atoms with Crippen LogP contribution in [0.25, 0.3) is 0 Å². The number of rotatable bonds is 6.